The number of hydrogen-bond donors (Lipinski definition) is 2. The van der Waals surface area contributed by atoms with E-state index in [2.05, 4.69) is 17.0 Å². The van der Waals surface area contributed by atoms with Crippen molar-refractivity contribution in [2.45, 2.75) is 58.0 Å². The van der Waals surface area contributed by atoms with E-state index in [1.54, 1.807) is 0 Å². The minimum Gasteiger partial charge on any atom is -0.310 e. The molecule has 0 heterocycles. The van der Waals surface area contributed by atoms with E-state index in [1.807, 2.05) is 24.3 Å². The summed E-state index contributed by atoms with van der Waals surface area (Å²) in [4.78, 5) is 0. The molecule has 1 fully saturated rings. The fourth-order valence-corrected chi connectivity index (χ4v) is 3.95. The molecule has 1 saturated carbocycles. The fraction of sp³-hybridized carbons (Fsp3) is 0.667. The lowest BCUT2D eigenvalue weighted by Crippen LogP contribution is -2.31. The molecule has 1 atom stereocenters. The number of benzene rings is 1. The van der Waals surface area contributed by atoms with Crippen LogP contribution in [0.25, 0.3) is 0 Å². The maximum Gasteiger partial charge on any atom is 0.301 e. The third kappa shape index (κ3) is 5.76. The summed E-state index contributed by atoms with van der Waals surface area (Å²) in [5.41, 5.74) is 1.61. The van der Waals surface area contributed by atoms with Crippen molar-refractivity contribution in [3.05, 3.63) is 29.8 Å². The Morgan fingerprint density at radius 2 is 1.83 bits per heavy atom. The largest absolute Gasteiger partial charge is 0.310 e. The van der Waals surface area contributed by atoms with E-state index in [0.717, 1.165) is 11.5 Å². The molecule has 24 heavy (non-hydrogen) atoms. The highest BCUT2D eigenvalue weighted by molar-refractivity contribution is 7.90. The number of hydrogen-bond acceptors (Lipinski definition) is 3. The van der Waals surface area contributed by atoms with Crippen molar-refractivity contribution in [3.8, 4) is 0 Å². The maximum absolute atomic E-state index is 12.0. The third-order valence-electron chi connectivity index (χ3n) is 4.79. The third-order valence-corrected chi connectivity index (χ3v) is 6.23. The molecule has 0 unspecified atom stereocenters. The van der Waals surface area contributed by atoms with E-state index < -0.39 is 10.2 Å². The van der Waals surface area contributed by atoms with Gasteiger partial charge in [-0.1, -0.05) is 50.3 Å². The summed E-state index contributed by atoms with van der Waals surface area (Å²) in [6.07, 6.45) is 8.03. The Bertz CT molecular complexity index is 610. The average molecular weight is 354 g/mol. The molecule has 2 N–H and O–H groups in total. The summed E-state index contributed by atoms with van der Waals surface area (Å²) in [6.45, 7) is 2.89. The lowest BCUT2D eigenvalue weighted by atomic mass is 9.85. The zero-order chi connectivity index (χ0) is 17.6. The summed E-state index contributed by atoms with van der Waals surface area (Å²) in [7, 11) is -0.433. The highest BCUT2D eigenvalue weighted by atomic mass is 32.2. The molecular formula is C18H31N3O2S. The second-order valence-electron chi connectivity index (χ2n) is 7.07. The molecule has 0 saturated heterocycles. The van der Waals surface area contributed by atoms with Crippen molar-refractivity contribution >= 4 is 15.9 Å². The SMILES string of the molecule is C[C@@H](CC1CCCCC1)NCc1ccccc1NS(=O)(=O)N(C)C. The van der Waals surface area contributed by atoms with Gasteiger partial charge in [-0.25, -0.2) is 0 Å². The molecule has 1 aliphatic rings. The number of nitrogens with one attached hydrogen (secondary N) is 2. The van der Waals surface area contributed by atoms with Crippen LogP contribution in [0.15, 0.2) is 24.3 Å². The second kappa shape index (κ2) is 8.83. The molecule has 5 nitrogen and oxygen atoms in total. The van der Waals surface area contributed by atoms with Crippen LogP contribution >= 0.6 is 0 Å². The summed E-state index contributed by atoms with van der Waals surface area (Å²) in [6, 6.07) is 8.00. The molecule has 136 valence electrons. The number of anilines is 1. The molecular weight excluding hydrogens is 322 g/mol. The van der Waals surface area contributed by atoms with Gasteiger partial charge in [0.1, 0.15) is 0 Å². The minimum atomic E-state index is -3.48. The first-order chi connectivity index (χ1) is 11.4. The zero-order valence-electron chi connectivity index (χ0n) is 15.1. The van der Waals surface area contributed by atoms with E-state index in [0.29, 0.717) is 18.3 Å². The van der Waals surface area contributed by atoms with Crippen molar-refractivity contribution in [2.24, 2.45) is 5.92 Å². The topological polar surface area (TPSA) is 61.4 Å². The van der Waals surface area contributed by atoms with Crippen LogP contribution in [0.1, 0.15) is 51.0 Å². The zero-order valence-corrected chi connectivity index (χ0v) is 15.9. The van der Waals surface area contributed by atoms with Crippen LogP contribution in [0.2, 0.25) is 0 Å². The van der Waals surface area contributed by atoms with E-state index >= 15 is 0 Å². The summed E-state index contributed by atoms with van der Waals surface area (Å²) < 4.78 is 27.9. The van der Waals surface area contributed by atoms with Crippen LogP contribution < -0.4 is 10.0 Å². The van der Waals surface area contributed by atoms with E-state index in [-0.39, 0.29) is 0 Å². The Hall–Kier alpha value is -1.11. The van der Waals surface area contributed by atoms with Crippen LogP contribution in [-0.4, -0.2) is 32.9 Å². The Kier molecular flexibility index (Phi) is 7.07. The van der Waals surface area contributed by atoms with Gasteiger partial charge in [0, 0.05) is 26.7 Å². The van der Waals surface area contributed by atoms with Crippen LogP contribution in [-0.2, 0) is 16.8 Å². The predicted molar refractivity (Wildman–Crippen MR) is 100 cm³/mol. The number of rotatable bonds is 8. The van der Waals surface area contributed by atoms with Crippen LogP contribution in [0, 0.1) is 5.92 Å². The number of para-hydroxylation sites is 1. The Morgan fingerprint density at radius 1 is 1.17 bits per heavy atom. The van der Waals surface area contributed by atoms with Gasteiger partial charge in [-0.3, -0.25) is 4.72 Å². The normalized spacial score (nSPS) is 17.8. The van der Waals surface area contributed by atoms with Crippen molar-refractivity contribution < 1.29 is 8.42 Å². The van der Waals surface area contributed by atoms with Crippen molar-refractivity contribution in [3.63, 3.8) is 0 Å². The van der Waals surface area contributed by atoms with Gasteiger partial charge in [-0.2, -0.15) is 12.7 Å². The molecule has 0 bridgehead atoms. The maximum atomic E-state index is 12.0. The quantitative estimate of drug-likeness (QED) is 0.753. The molecule has 1 aromatic carbocycles. The Balaban J connectivity index is 1.92. The molecule has 6 heteroatoms. The van der Waals surface area contributed by atoms with Gasteiger partial charge in [-0.15, -0.1) is 0 Å². The second-order valence-corrected chi connectivity index (χ2v) is 8.95. The van der Waals surface area contributed by atoms with E-state index in [9.17, 15) is 8.42 Å². The van der Waals surface area contributed by atoms with E-state index in [1.165, 1.54) is 56.9 Å². The Morgan fingerprint density at radius 3 is 2.50 bits per heavy atom. The Labute approximate surface area is 147 Å². The minimum absolute atomic E-state index is 0.437. The van der Waals surface area contributed by atoms with Crippen LogP contribution in [0.4, 0.5) is 5.69 Å². The smallest absolute Gasteiger partial charge is 0.301 e. The first-order valence-electron chi connectivity index (χ1n) is 8.90. The lowest BCUT2D eigenvalue weighted by Gasteiger charge is -2.25. The molecule has 1 aromatic rings. The van der Waals surface area contributed by atoms with Gasteiger partial charge < -0.3 is 5.32 Å². The standard InChI is InChI=1S/C18H31N3O2S/c1-15(13-16-9-5-4-6-10-16)19-14-17-11-7-8-12-18(17)20-24(22,23)21(2)3/h7-8,11-12,15-16,19-20H,4-6,9-10,13-14H2,1-3H3/t15-/m0/s1. The molecule has 0 aromatic heterocycles. The monoisotopic (exact) mass is 353 g/mol. The van der Waals surface area contributed by atoms with Gasteiger partial charge in [0.05, 0.1) is 5.69 Å². The molecule has 0 spiro atoms. The van der Waals surface area contributed by atoms with Crippen molar-refractivity contribution in [1.82, 2.24) is 9.62 Å². The molecule has 1 aliphatic carbocycles. The van der Waals surface area contributed by atoms with Gasteiger partial charge >= 0.3 is 10.2 Å². The van der Waals surface area contributed by atoms with E-state index in [4.69, 9.17) is 0 Å². The molecule has 2 rings (SSSR count). The van der Waals surface area contributed by atoms with Crippen molar-refractivity contribution in [2.75, 3.05) is 18.8 Å². The highest BCUT2D eigenvalue weighted by Gasteiger charge is 2.17. The van der Waals surface area contributed by atoms with Gasteiger partial charge in [0.2, 0.25) is 0 Å². The highest BCUT2D eigenvalue weighted by Crippen LogP contribution is 2.27. The summed E-state index contributed by atoms with van der Waals surface area (Å²) in [5, 5.41) is 3.55. The average Bonchev–Trinajstić information content (AvgIpc) is 2.54. The van der Waals surface area contributed by atoms with Crippen LogP contribution in [0.3, 0.4) is 0 Å². The lowest BCUT2D eigenvalue weighted by molar-refractivity contribution is 0.305. The van der Waals surface area contributed by atoms with Gasteiger partial charge in [0.15, 0.2) is 0 Å². The first-order valence-corrected chi connectivity index (χ1v) is 10.3. The summed E-state index contributed by atoms with van der Waals surface area (Å²) in [5.74, 6) is 0.837. The fourth-order valence-electron chi connectivity index (χ4n) is 3.29. The predicted octanol–water partition coefficient (Wildman–Crippen LogP) is 3.35. The van der Waals surface area contributed by atoms with Gasteiger partial charge in [-0.05, 0) is 30.9 Å². The molecule has 0 aliphatic heterocycles. The molecule has 0 amide bonds. The summed E-state index contributed by atoms with van der Waals surface area (Å²) >= 11 is 0. The van der Waals surface area contributed by atoms with Crippen molar-refractivity contribution in [1.29, 1.82) is 0 Å². The van der Waals surface area contributed by atoms with Gasteiger partial charge in [0.25, 0.3) is 0 Å². The van der Waals surface area contributed by atoms with Crippen LogP contribution in [0.5, 0.6) is 0 Å². The first kappa shape index (κ1) is 19.2. The number of nitrogens with zero attached hydrogens (tertiary/aromatic N) is 1. The molecule has 0 radical (unpaired) electrons.